The minimum absolute atomic E-state index is 0.111. The Morgan fingerprint density at radius 1 is 1.06 bits per heavy atom. The molecule has 0 saturated carbocycles. The molecule has 36 heavy (non-hydrogen) atoms. The number of benzene rings is 3. The summed E-state index contributed by atoms with van der Waals surface area (Å²) < 4.78 is 5.35. The number of hydrogen-bond donors (Lipinski definition) is 2. The van der Waals surface area contributed by atoms with Gasteiger partial charge in [-0.1, -0.05) is 49.0 Å². The quantitative estimate of drug-likeness (QED) is 0.167. The monoisotopic (exact) mass is 483 g/mol. The maximum Gasteiger partial charge on any atom is 0.341 e. The van der Waals surface area contributed by atoms with Crippen LogP contribution < -0.4 is 4.74 Å². The second-order valence-corrected chi connectivity index (χ2v) is 8.97. The van der Waals surface area contributed by atoms with Crippen LogP contribution in [0.5, 0.6) is 11.5 Å². The van der Waals surface area contributed by atoms with Crippen LogP contribution in [0.1, 0.15) is 64.3 Å². The van der Waals surface area contributed by atoms with Crippen molar-refractivity contribution in [2.75, 3.05) is 6.61 Å². The van der Waals surface area contributed by atoms with Gasteiger partial charge in [0.1, 0.15) is 11.5 Å². The molecular formula is C29H29N3O4. The molecule has 2 N–H and O–H groups in total. The minimum atomic E-state index is -1.02. The maximum atomic E-state index is 10.9. The van der Waals surface area contributed by atoms with Gasteiger partial charge in [-0.25, -0.2) is 4.79 Å². The number of phenols is 1. The smallest absolute Gasteiger partial charge is 0.341 e. The van der Waals surface area contributed by atoms with E-state index >= 15 is 0 Å². The molecule has 3 rings (SSSR count). The minimum Gasteiger partial charge on any atom is -0.506 e. The second-order valence-electron chi connectivity index (χ2n) is 8.97. The van der Waals surface area contributed by atoms with Crippen LogP contribution in [-0.2, 0) is 17.8 Å². The Morgan fingerprint density at radius 3 is 2.31 bits per heavy atom. The molecule has 3 aromatic carbocycles. The Labute approximate surface area is 211 Å². The van der Waals surface area contributed by atoms with Crippen molar-refractivity contribution < 1.29 is 19.7 Å². The van der Waals surface area contributed by atoms with Crippen LogP contribution in [0, 0.1) is 25.7 Å². The highest BCUT2D eigenvalue weighted by molar-refractivity contribution is 5.68. The Balaban J connectivity index is 1.93. The van der Waals surface area contributed by atoms with Crippen molar-refractivity contribution in [1.29, 1.82) is 0 Å². The van der Waals surface area contributed by atoms with E-state index in [4.69, 9.17) is 15.4 Å². The van der Waals surface area contributed by atoms with Crippen molar-refractivity contribution in [3.8, 4) is 23.3 Å². The number of carbonyl (C=O) groups is 1. The number of hydrogen-bond acceptors (Lipinski definition) is 4. The highest BCUT2D eigenvalue weighted by atomic mass is 16.5. The third kappa shape index (κ3) is 6.82. The zero-order valence-electron chi connectivity index (χ0n) is 20.9. The molecule has 0 aliphatic rings. The molecule has 7 heteroatoms. The van der Waals surface area contributed by atoms with Crippen LogP contribution in [0.15, 0.2) is 53.6 Å². The maximum absolute atomic E-state index is 10.9. The van der Waals surface area contributed by atoms with Gasteiger partial charge in [0.15, 0.2) is 6.61 Å². The van der Waals surface area contributed by atoms with Gasteiger partial charge in [-0.2, -0.15) is 0 Å². The standard InChI is InChI=1S/C29H29N3O4/c1-18(2)26-14-23(15-27-19(3)11-25(12-20(27)4)36-17-28(33)34)13-24(29(26)35)10-9-21-5-7-22(8-6-21)16-31-32-30/h5-8,11-14,18,35H,15-17H2,1-4H3,(H,33,34). The lowest BCUT2D eigenvalue weighted by Gasteiger charge is -2.16. The summed E-state index contributed by atoms with van der Waals surface area (Å²) in [6, 6.07) is 15.1. The van der Waals surface area contributed by atoms with E-state index in [1.54, 1.807) is 0 Å². The third-order valence-electron chi connectivity index (χ3n) is 5.85. The Kier molecular flexibility index (Phi) is 8.61. The molecule has 0 atom stereocenters. The molecule has 0 aliphatic heterocycles. The zero-order valence-corrected chi connectivity index (χ0v) is 20.9. The predicted molar refractivity (Wildman–Crippen MR) is 139 cm³/mol. The lowest BCUT2D eigenvalue weighted by atomic mass is 9.91. The van der Waals surface area contributed by atoms with Crippen molar-refractivity contribution in [3.05, 3.63) is 103 Å². The largest absolute Gasteiger partial charge is 0.506 e. The predicted octanol–water partition coefficient (Wildman–Crippen LogP) is 6.40. The van der Waals surface area contributed by atoms with E-state index < -0.39 is 5.97 Å². The molecular weight excluding hydrogens is 454 g/mol. The average molecular weight is 484 g/mol. The molecule has 0 saturated heterocycles. The molecule has 0 aromatic heterocycles. The van der Waals surface area contributed by atoms with Gasteiger partial charge in [0.05, 0.1) is 12.1 Å². The van der Waals surface area contributed by atoms with E-state index in [1.165, 1.54) is 0 Å². The molecule has 0 heterocycles. The lowest BCUT2D eigenvalue weighted by molar-refractivity contribution is -0.139. The van der Waals surface area contributed by atoms with Gasteiger partial charge in [-0.15, -0.1) is 0 Å². The average Bonchev–Trinajstić information content (AvgIpc) is 2.84. The first-order chi connectivity index (χ1) is 17.2. The first-order valence-corrected chi connectivity index (χ1v) is 11.6. The first-order valence-electron chi connectivity index (χ1n) is 11.6. The highest BCUT2D eigenvalue weighted by Gasteiger charge is 2.14. The van der Waals surface area contributed by atoms with E-state index in [2.05, 4.69) is 21.9 Å². The molecule has 7 nitrogen and oxygen atoms in total. The number of carboxylic acids is 1. The van der Waals surface area contributed by atoms with E-state index in [0.29, 0.717) is 17.7 Å². The van der Waals surface area contributed by atoms with E-state index in [1.807, 2.05) is 76.2 Å². The molecule has 0 amide bonds. The third-order valence-corrected chi connectivity index (χ3v) is 5.85. The summed E-state index contributed by atoms with van der Waals surface area (Å²) in [5.41, 5.74) is 15.7. The van der Waals surface area contributed by atoms with Crippen LogP contribution in [0.2, 0.25) is 0 Å². The summed E-state index contributed by atoms with van der Waals surface area (Å²) in [6.45, 7) is 7.92. The van der Waals surface area contributed by atoms with Crippen LogP contribution in [0.25, 0.3) is 10.4 Å². The van der Waals surface area contributed by atoms with Gasteiger partial charge >= 0.3 is 5.97 Å². The van der Waals surface area contributed by atoms with Crippen molar-refractivity contribution in [1.82, 2.24) is 0 Å². The normalized spacial score (nSPS) is 10.4. The molecule has 0 bridgehead atoms. The van der Waals surface area contributed by atoms with Crippen LogP contribution in [0.4, 0.5) is 0 Å². The second kappa shape index (κ2) is 11.8. The Morgan fingerprint density at radius 2 is 1.72 bits per heavy atom. The number of ether oxygens (including phenoxy) is 1. The van der Waals surface area contributed by atoms with Gasteiger partial charge in [0.2, 0.25) is 0 Å². The number of aliphatic carboxylic acids is 1. The lowest BCUT2D eigenvalue weighted by Crippen LogP contribution is -2.10. The molecule has 0 spiro atoms. The summed E-state index contributed by atoms with van der Waals surface area (Å²) in [5.74, 6) is 6.05. The van der Waals surface area contributed by atoms with Gasteiger partial charge in [-0.05, 0) is 95.4 Å². The van der Waals surface area contributed by atoms with Crippen LogP contribution in [-0.4, -0.2) is 22.8 Å². The number of aromatic hydroxyl groups is 1. The van der Waals surface area contributed by atoms with Crippen LogP contribution in [0.3, 0.4) is 0 Å². The molecule has 0 fully saturated rings. The number of rotatable bonds is 8. The molecule has 0 radical (unpaired) electrons. The first kappa shape index (κ1) is 26.2. The van der Waals surface area contributed by atoms with Crippen molar-refractivity contribution >= 4 is 5.97 Å². The number of phenolic OH excluding ortho intramolecular Hbond substituents is 1. The summed E-state index contributed by atoms with van der Waals surface area (Å²) >= 11 is 0. The van der Waals surface area contributed by atoms with Crippen molar-refractivity contribution in [3.63, 3.8) is 0 Å². The molecule has 3 aromatic rings. The van der Waals surface area contributed by atoms with E-state index in [9.17, 15) is 9.90 Å². The fraction of sp³-hybridized carbons (Fsp3) is 0.276. The SMILES string of the molecule is Cc1cc(OCC(=O)O)cc(C)c1Cc1cc(C#Cc2ccc(CN=[N+]=[N-])cc2)c(O)c(C(C)C)c1. The topological polar surface area (TPSA) is 116 Å². The highest BCUT2D eigenvalue weighted by Crippen LogP contribution is 2.32. The van der Waals surface area contributed by atoms with Gasteiger partial charge < -0.3 is 14.9 Å². The van der Waals surface area contributed by atoms with Crippen LogP contribution >= 0.6 is 0 Å². The summed E-state index contributed by atoms with van der Waals surface area (Å²) in [6.07, 6.45) is 0.639. The van der Waals surface area contributed by atoms with Crippen molar-refractivity contribution in [2.45, 2.75) is 46.6 Å². The van der Waals surface area contributed by atoms with E-state index in [0.717, 1.165) is 38.9 Å². The van der Waals surface area contributed by atoms with Gasteiger partial charge in [0, 0.05) is 10.5 Å². The Bertz CT molecular complexity index is 1350. The number of carboxylic acid groups (broad SMARTS) is 1. The molecule has 0 unspecified atom stereocenters. The number of aryl methyl sites for hydroxylation is 2. The summed E-state index contributed by atoms with van der Waals surface area (Å²) in [4.78, 5) is 13.6. The Hall–Kier alpha value is -4.40. The molecule has 184 valence electrons. The zero-order chi connectivity index (χ0) is 26.2. The van der Waals surface area contributed by atoms with E-state index in [-0.39, 0.29) is 24.8 Å². The summed E-state index contributed by atoms with van der Waals surface area (Å²) in [5, 5.41) is 23.3. The van der Waals surface area contributed by atoms with Crippen molar-refractivity contribution in [2.24, 2.45) is 5.11 Å². The molecule has 0 aliphatic carbocycles. The van der Waals surface area contributed by atoms with Gasteiger partial charge in [-0.3, -0.25) is 0 Å². The fourth-order valence-corrected chi connectivity index (χ4v) is 3.97. The van der Waals surface area contributed by atoms with Gasteiger partial charge in [0.25, 0.3) is 0 Å². The number of nitrogens with zero attached hydrogens (tertiary/aromatic N) is 3. The number of azide groups is 1. The summed E-state index contributed by atoms with van der Waals surface area (Å²) in [7, 11) is 0. The fourth-order valence-electron chi connectivity index (χ4n) is 3.97.